The first-order valence-electron chi connectivity index (χ1n) is 6.79. The Kier molecular flexibility index (Phi) is 4.63. The lowest BCUT2D eigenvalue weighted by molar-refractivity contribution is 0.0527. The second-order valence-electron chi connectivity index (χ2n) is 4.65. The van der Waals surface area contributed by atoms with Gasteiger partial charge in [-0.3, -0.25) is 0 Å². The van der Waals surface area contributed by atoms with Crippen LogP contribution >= 0.6 is 0 Å². The SMILES string of the molecule is CCOC(=O)c1cccc(NN2CCCCC2)c1N. The maximum atomic E-state index is 11.8. The van der Waals surface area contributed by atoms with Crippen molar-refractivity contribution in [2.24, 2.45) is 0 Å². The van der Waals surface area contributed by atoms with Crippen LogP contribution in [0.2, 0.25) is 0 Å². The van der Waals surface area contributed by atoms with Gasteiger partial charge in [-0.05, 0) is 31.9 Å². The summed E-state index contributed by atoms with van der Waals surface area (Å²) in [5.41, 5.74) is 11.0. The van der Waals surface area contributed by atoms with Crippen molar-refractivity contribution in [2.75, 3.05) is 30.9 Å². The molecule has 0 spiro atoms. The lowest BCUT2D eigenvalue weighted by Crippen LogP contribution is -2.35. The molecule has 0 aliphatic carbocycles. The Bertz CT molecular complexity index is 442. The third kappa shape index (κ3) is 3.38. The molecule has 0 aromatic heterocycles. The van der Waals surface area contributed by atoms with Gasteiger partial charge in [-0.25, -0.2) is 9.80 Å². The smallest absolute Gasteiger partial charge is 0.340 e. The molecule has 5 nitrogen and oxygen atoms in total. The fourth-order valence-electron chi connectivity index (χ4n) is 2.23. The van der Waals surface area contributed by atoms with Crippen molar-refractivity contribution in [2.45, 2.75) is 26.2 Å². The van der Waals surface area contributed by atoms with E-state index in [-0.39, 0.29) is 5.97 Å². The Morgan fingerprint density at radius 2 is 2.11 bits per heavy atom. The zero-order valence-electron chi connectivity index (χ0n) is 11.3. The molecule has 1 aromatic carbocycles. The Balaban J connectivity index is 2.12. The van der Waals surface area contributed by atoms with Gasteiger partial charge in [0.25, 0.3) is 0 Å². The number of anilines is 2. The Morgan fingerprint density at radius 3 is 2.79 bits per heavy atom. The highest BCUT2D eigenvalue weighted by molar-refractivity contribution is 5.98. The zero-order valence-corrected chi connectivity index (χ0v) is 11.3. The van der Waals surface area contributed by atoms with Crippen molar-refractivity contribution in [1.82, 2.24) is 5.01 Å². The third-order valence-electron chi connectivity index (χ3n) is 3.24. The van der Waals surface area contributed by atoms with Gasteiger partial charge in [0.05, 0.1) is 23.5 Å². The van der Waals surface area contributed by atoms with Gasteiger partial charge in [-0.15, -0.1) is 0 Å². The van der Waals surface area contributed by atoms with E-state index in [1.54, 1.807) is 13.0 Å². The molecule has 0 bridgehead atoms. The number of hydrogen-bond donors (Lipinski definition) is 2. The van der Waals surface area contributed by atoms with Crippen molar-refractivity contribution >= 4 is 17.3 Å². The van der Waals surface area contributed by atoms with E-state index < -0.39 is 0 Å². The first-order valence-corrected chi connectivity index (χ1v) is 6.79. The number of carbonyl (C=O) groups excluding carboxylic acids is 1. The molecule has 19 heavy (non-hydrogen) atoms. The predicted octanol–water partition coefficient (Wildman–Crippen LogP) is 2.26. The zero-order chi connectivity index (χ0) is 13.7. The van der Waals surface area contributed by atoms with Gasteiger partial charge in [0.15, 0.2) is 0 Å². The molecule has 5 heteroatoms. The molecule has 3 N–H and O–H groups in total. The highest BCUT2D eigenvalue weighted by Crippen LogP contribution is 2.24. The Labute approximate surface area is 113 Å². The van der Waals surface area contributed by atoms with Crippen LogP contribution in [0.5, 0.6) is 0 Å². The molecular weight excluding hydrogens is 242 g/mol. The number of esters is 1. The molecule has 0 atom stereocenters. The number of benzene rings is 1. The second-order valence-corrected chi connectivity index (χ2v) is 4.65. The number of nitrogens with two attached hydrogens (primary N) is 1. The van der Waals surface area contributed by atoms with E-state index in [9.17, 15) is 4.79 Å². The normalized spacial score (nSPS) is 16.1. The number of nitrogens with one attached hydrogen (secondary N) is 1. The summed E-state index contributed by atoms with van der Waals surface area (Å²) in [6.45, 7) is 4.14. The average molecular weight is 263 g/mol. The van der Waals surface area contributed by atoms with Crippen LogP contribution in [0.3, 0.4) is 0 Å². The van der Waals surface area contributed by atoms with Crippen molar-refractivity contribution < 1.29 is 9.53 Å². The van der Waals surface area contributed by atoms with Crippen molar-refractivity contribution in [3.63, 3.8) is 0 Å². The molecule has 2 rings (SSSR count). The van der Waals surface area contributed by atoms with Crippen molar-refractivity contribution in [3.05, 3.63) is 23.8 Å². The number of nitrogen functional groups attached to an aromatic ring is 1. The summed E-state index contributed by atoms with van der Waals surface area (Å²) in [6.07, 6.45) is 3.64. The van der Waals surface area contributed by atoms with Gasteiger partial charge in [-0.1, -0.05) is 12.5 Å². The number of ether oxygens (including phenoxy) is 1. The van der Waals surface area contributed by atoms with E-state index in [0.29, 0.717) is 17.9 Å². The van der Waals surface area contributed by atoms with Gasteiger partial charge < -0.3 is 15.9 Å². The monoisotopic (exact) mass is 263 g/mol. The average Bonchev–Trinajstić information content (AvgIpc) is 2.42. The summed E-state index contributed by atoms with van der Waals surface area (Å²) < 4.78 is 4.99. The van der Waals surface area contributed by atoms with Crippen LogP contribution in [0.25, 0.3) is 0 Å². The molecule has 0 amide bonds. The predicted molar refractivity (Wildman–Crippen MR) is 75.9 cm³/mol. The molecule has 1 fully saturated rings. The number of rotatable bonds is 4. The van der Waals surface area contributed by atoms with Gasteiger partial charge in [-0.2, -0.15) is 0 Å². The van der Waals surface area contributed by atoms with Crippen LogP contribution in [0.4, 0.5) is 11.4 Å². The topological polar surface area (TPSA) is 67.6 Å². The van der Waals surface area contributed by atoms with E-state index in [2.05, 4.69) is 10.4 Å². The van der Waals surface area contributed by atoms with Crippen LogP contribution < -0.4 is 11.2 Å². The molecule has 1 heterocycles. The van der Waals surface area contributed by atoms with Crippen LogP contribution in [0.1, 0.15) is 36.5 Å². The maximum Gasteiger partial charge on any atom is 0.340 e. The van der Waals surface area contributed by atoms with E-state index in [0.717, 1.165) is 18.8 Å². The van der Waals surface area contributed by atoms with Gasteiger partial charge in [0, 0.05) is 13.1 Å². The summed E-state index contributed by atoms with van der Waals surface area (Å²) in [5.74, 6) is -0.373. The number of hydrogen-bond acceptors (Lipinski definition) is 5. The van der Waals surface area contributed by atoms with E-state index in [1.165, 1.54) is 19.3 Å². The third-order valence-corrected chi connectivity index (χ3v) is 3.24. The molecule has 104 valence electrons. The summed E-state index contributed by atoms with van der Waals surface area (Å²) >= 11 is 0. The van der Waals surface area contributed by atoms with Crippen molar-refractivity contribution in [1.29, 1.82) is 0 Å². The quantitative estimate of drug-likeness (QED) is 0.644. The van der Waals surface area contributed by atoms with E-state index in [1.807, 2.05) is 12.1 Å². The van der Waals surface area contributed by atoms with E-state index in [4.69, 9.17) is 10.5 Å². The highest BCUT2D eigenvalue weighted by Gasteiger charge is 2.16. The molecule has 1 aliphatic heterocycles. The molecule has 1 aliphatic rings. The van der Waals surface area contributed by atoms with Crippen LogP contribution in [0, 0.1) is 0 Å². The van der Waals surface area contributed by atoms with Crippen LogP contribution in [-0.4, -0.2) is 30.7 Å². The van der Waals surface area contributed by atoms with E-state index >= 15 is 0 Å². The molecular formula is C14H21N3O2. The summed E-state index contributed by atoms with van der Waals surface area (Å²) in [5, 5.41) is 2.14. The maximum absolute atomic E-state index is 11.8. The summed E-state index contributed by atoms with van der Waals surface area (Å²) in [4.78, 5) is 11.8. The van der Waals surface area contributed by atoms with Gasteiger partial charge >= 0.3 is 5.97 Å². The highest BCUT2D eigenvalue weighted by atomic mass is 16.5. The number of para-hydroxylation sites is 1. The fraction of sp³-hybridized carbons (Fsp3) is 0.500. The molecule has 0 unspecified atom stereocenters. The van der Waals surface area contributed by atoms with Crippen LogP contribution in [0.15, 0.2) is 18.2 Å². The van der Waals surface area contributed by atoms with Crippen LogP contribution in [-0.2, 0) is 4.74 Å². The minimum absolute atomic E-state index is 0.349. The summed E-state index contributed by atoms with van der Waals surface area (Å²) in [7, 11) is 0. The number of hydrazine groups is 1. The molecule has 0 radical (unpaired) electrons. The molecule has 1 saturated heterocycles. The standard InChI is InChI=1S/C14H21N3O2/c1-2-19-14(18)11-7-6-8-12(13(11)15)16-17-9-4-3-5-10-17/h6-8,16H,2-5,9-10,15H2,1H3. The number of nitrogens with zero attached hydrogens (tertiary/aromatic N) is 1. The first-order chi connectivity index (χ1) is 9.22. The Hall–Kier alpha value is -1.75. The molecule has 0 saturated carbocycles. The minimum atomic E-state index is -0.373. The minimum Gasteiger partial charge on any atom is -0.462 e. The fourth-order valence-corrected chi connectivity index (χ4v) is 2.23. The van der Waals surface area contributed by atoms with Crippen molar-refractivity contribution in [3.8, 4) is 0 Å². The number of carbonyl (C=O) groups is 1. The first kappa shape index (κ1) is 13.7. The summed E-state index contributed by atoms with van der Waals surface area (Å²) in [6, 6.07) is 5.39. The number of piperidine rings is 1. The Morgan fingerprint density at radius 1 is 1.37 bits per heavy atom. The van der Waals surface area contributed by atoms with Gasteiger partial charge in [0.1, 0.15) is 0 Å². The molecule has 1 aromatic rings. The second kappa shape index (κ2) is 6.43. The largest absolute Gasteiger partial charge is 0.462 e. The lowest BCUT2D eigenvalue weighted by atomic mass is 10.1. The van der Waals surface area contributed by atoms with Gasteiger partial charge in [0.2, 0.25) is 0 Å². The lowest BCUT2D eigenvalue weighted by Gasteiger charge is -2.28.